The van der Waals surface area contributed by atoms with Gasteiger partial charge in [-0.1, -0.05) is 36.4 Å². The zero-order chi connectivity index (χ0) is 15.1. The third-order valence-electron chi connectivity index (χ3n) is 3.10. The maximum absolute atomic E-state index is 6.07. The van der Waals surface area contributed by atoms with Crippen molar-refractivity contribution in [1.82, 2.24) is 0 Å². The van der Waals surface area contributed by atoms with Crippen molar-refractivity contribution in [3.05, 3.63) is 54.1 Å². The molecule has 2 rings (SSSR count). The number of hydrogen-bond donors (Lipinski definition) is 1. The summed E-state index contributed by atoms with van der Waals surface area (Å²) in [6, 6.07) is 16.1. The number of hydrogen-bond acceptors (Lipinski definition) is 3. The highest BCUT2D eigenvalue weighted by Gasteiger charge is 2.08. The van der Waals surface area contributed by atoms with Gasteiger partial charge in [-0.05, 0) is 44.4 Å². The number of benzene rings is 2. The molecule has 0 aromatic heterocycles. The van der Waals surface area contributed by atoms with E-state index < -0.39 is 0 Å². The lowest BCUT2D eigenvalue weighted by molar-refractivity contribution is 0.241. The molecule has 2 N–H and O–H groups in total. The van der Waals surface area contributed by atoms with Crippen LogP contribution in [0.2, 0.25) is 0 Å². The zero-order valence-electron chi connectivity index (χ0n) is 12.7. The van der Waals surface area contributed by atoms with Gasteiger partial charge in [0.2, 0.25) is 0 Å². The van der Waals surface area contributed by atoms with Crippen molar-refractivity contribution in [1.29, 1.82) is 0 Å². The van der Waals surface area contributed by atoms with Crippen LogP contribution in [0.25, 0.3) is 0 Å². The number of para-hydroxylation sites is 1. The second-order valence-electron chi connectivity index (χ2n) is 5.27. The molecular weight excluding hydrogens is 262 g/mol. The molecule has 0 heterocycles. The first-order valence-electron chi connectivity index (χ1n) is 7.38. The number of nitrogens with two attached hydrogens (primary N) is 1. The van der Waals surface area contributed by atoms with Crippen LogP contribution in [0.5, 0.6) is 11.5 Å². The third-order valence-corrected chi connectivity index (χ3v) is 3.10. The van der Waals surface area contributed by atoms with Crippen LogP contribution in [0, 0.1) is 0 Å². The molecule has 0 aliphatic carbocycles. The van der Waals surface area contributed by atoms with Crippen LogP contribution in [-0.2, 0) is 6.42 Å². The average Bonchev–Trinajstić information content (AvgIpc) is 2.48. The Morgan fingerprint density at radius 1 is 0.952 bits per heavy atom. The van der Waals surface area contributed by atoms with Crippen LogP contribution < -0.4 is 15.2 Å². The third kappa shape index (κ3) is 4.71. The van der Waals surface area contributed by atoms with E-state index >= 15 is 0 Å². The highest BCUT2D eigenvalue weighted by atomic mass is 16.5. The van der Waals surface area contributed by atoms with E-state index in [9.17, 15) is 0 Å². The first-order chi connectivity index (χ1) is 10.2. The Labute approximate surface area is 126 Å². The van der Waals surface area contributed by atoms with Crippen molar-refractivity contribution in [2.45, 2.75) is 32.8 Å². The van der Waals surface area contributed by atoms with E-state index in [4.69, 9.17) is 15.2 Å². The zero-order valence-corrected chi connectivity index (χ0v) is 12.7. The normalized spacial score (nSPS) is 10.6. The summed E-state index contributed by atoms with van der Waals surface area (Å²) in [5, 5.41) is 0. The van der Waals surface area contributed by atoms with Crippen molar-refractivity contribution in [2.24, 2.45) is 0 Å². The number of nitrogen functional groups attached to an aromatic ring is 1. The van der Waals surface area contributed by atoms with E-state index in [1.54, 1.807) is 0 Å². The van der Waals surface area contributed by atoms with Crippen molar-refractivity contribution in [2.75, 3.05) is 12.3 Å². The Bertz CT molecular complexity index is 552. The maximum atomic E-state index is 6.07. The SMILES string of the molecule is CC(C)Oc1cccc(OCCCc2ccccc2)c1N. The van der Waals surface area contributed by atoms with Crippen LogP contribution in [0.3, 0.4) is 0 Å². The van der Waals surface area contributed by atoms with Gasteiger partial charge < -0.3 is 15.2 Å². The molecule has 0 bridgehead atoms. The molecule has 0 spiro atoms. The van der Waals surface area contributed by atoms with E-state index in [-0.39, 0.29) is 6.10 Å². The van der Waals surface area contributed by atoms with Gasteiger partial charge in [-0.25, -0.2) is 0 Å². The van der Waals surface area contributed by atoms with E-state index in [2.05, 4.69) is 24.3 Å². The summed E-state index contributed by atoms with van der Waals surface area (Å²) in [4.78, 5) is 0. The Morgan fingerprint density at radius 2 is 1.67 bits per heavy atom. The molecule has 0 unspecified atom stereocenters. The van der Waals surface area contributed by atoms with Gasteiger partial charge in [0.1, 0.15) is 17.2 Å². The quantitative estimate of drug-likeness (QED) is 0.616. The molecule has 3 nitrogen and oxygen atoms in total. The van der Waals surface area contributed by atoms with Crippen LogP contribution in [0.15, 0.2) is 48.5 Å². The lowest BCUT2D eigenvalue weighted by Crippen LogP contribution is -2.08. The molecule has 3 heteroatoms. The standard InChI is InChI=1S/C18H23NO2/c1-14(2)21-17-12-6-11-16(18(17)19)20-13-7-10-15-8-4-3-5-9-15/h3-6,8-9,11-12,14H,7,10,13,19H2,1-2H3. The first kappa shape index (κ1) is 15.2. The van der Waals surface area contributed by atoms with Gasteiger partial charge in [0.25, 0.3) is 0 Å². The smallest absolute Gasteiger partial charge is 0.146 e. The van der Waals surface area contributed by atoms with Gasteiger partial charge in [-0.3, -0.25) is 0 Å². The van der Waals surface area contributed by atoms with Crippen molar-refractivity contribution >= 4 is 5.69 Å². The largest absolute Gasteiger partial charge is 0.491 e. The summed E-state index contributed by atoms with van der Waals surface area (Å²) in [6.45, 7) is 4.60. The minimum atomic E-state index is 0.0978. The van der Waals surface area contributed by atoms with Crippen LogP contribution in [0.4, 0.5) is 5.69 Å². The Kier molecular flexibility index (Phi) is 5.50. The summed E-state index contributed by atoms with van der Waals surface area (Å²) in [5.41, 5.74) is 7.97. The second kappa shape index (κ2) is 7.58. The van der Waals surface area contributed by atoms with E-state index in [1.165, 1.54) is 5.56 Å². The summed E-state index contributed by atoms with van der Waals surface area (Å²) in [5.74, 6) is 1.38. The Morgan fingerprint density at radius 3 is 2.38 bits per heavy atom. The summed E-state index contributed by atoms with van der Waals surface area (Å²) >= 11 is 0. The molecular formula is C18H23NO2. The van der Waals surface area contributed by atoms with Crippen LogP contribution >= 0.6 is 0 Å². The topological polar surface area (TPSA) is 44.5 Å². The molecule has 0 fully saturated rings. The Balaban J connectivity index is 1.85. The van der Waals surface area contributed by atoms with E-state index in [0.29, 0.717) is 23.8 Å². The van der Waals surface area contributed by atoms with Crippen molar-refractivity contribution in [3.8, 4) is 11.5 Å². The molecule has 0 saturated carbocycles. The first-order valence-corrected chi connectivity index (χ1v) is 7.38. The fourth-order valence-corrected chi connectivity index (χ4v) is 2.11. The molecule has 0 radical (unpaired) electrons. The fourth-order valence-electron chi connectivity index (χ4n) is 2.11. The number of ether oxygens (including phenoxy) is 2. The maximum Gasteiger partial charge on any atom is 0.146 e. The minimum Gasteiger partial charge on any atom is -0.491 e. The molecule has 0 aliphatic rings. The monoisotopic (exact) mass is 285 g/mol. The van der Waals surface area contributed by atoms with Gasteiger partial charge in [0, 0.05) is 0 Å². The number of rotatable bonds is 7. The highest BCUT2D eigenvalue weighted by Crippen LogP contribution is 2.32. The van der Waals surface area contributed by atoms with Crippen molar-refractivity contribution in [3.63, 3.8) is 0 Å². The Hall–Kier alpha value is -2.16. The molecule has 0 amide bonds. The molecule has 0 aliphatic heterocycles. The number of anilines is 1. The van der Waals surface area contributed by atoms with E-state index in [0.717, 1.165) is 12.8 Å². The molecule has 21 heavy (non-hydrogen) atoms. The molecule has 0 atom stereocenters. The summed E-state index contributed by atoms with van der Waals surface area (Å²) in [7, 11) is 0. The van der Waals surface area contributed by atoms with Crippen molar-refractivity contribution < 1.29 is 9.47 Å². The lowest BCUT2D eigenvalue weighted by atomic mass is 10.1. The highest BCUT2D eigenvalue weighted by molar-refractivity contribution is 5.62. The van der Waals surface area contributed by atoms with E-state index in [1.807, 2.05) is 38.1 Å². The van der Waals surface area contributed by atoms with Gasteiger partial charge in [0.05, 0.1) is 12.7 Å². The van der Waals surface area contributed by atoms with Gasteiger partial charge in [-0.2, -0.15) is 0 Å². The molecule has 2 aromatic carbocycles. The predicted molar refractivity (Wildman–Crippen MR) is 86.9 cm³/mol. The summed E-state index contributed by atoms with van der Waals surface area (Å²) < 4.78 is 11.4. The average molecular weight is 285 g/mol. The molecule has 112 valence electrons. The van der Waals surface area contributed by atoms with Crippen LogP contribution in [0.1, 0.15) is 25.8 Å². The molecule has 0 saturated heterocycles. The minimum absolute atomic E-state index is 0.0978. The molecule has 2 aromatic rings. The summed E-state index contributed by atoms with van der Waals surface area (Å²) in [6.07, 6.45) is 2.06. The fraction of sp³-hybridized carbons (Fsp3) is 0.333. The van der Waals surface area contributed by atoms with Gasteiger partial charge in [0.15, 0.2) is 0 Å². The van der Waals surface area contributed by atoms with Gasteiger partial charge >= 0.3 is 0 Å². The van der Waals surface area contributed by atoms with Crippen LogP contribution in [-0.4, -0.2) is 12.7 Å². The predicted octanol–water partition coefficient (Wildman–Crippen LogP) is 4.07. The van der Waals surface area contributed by atoms with Gasteiger partial charge in [-0.15, -0.1) is 0 Å². The second-order valence-corrected chi connectivity index (χ2v) is 5.27. The lowest BCUT2D eigenvalue weighted by Gasteiger charge is -2.15. The number of aryl methyl sites for hydroxylation is 1.